The van der Waals surface area contributed by atoms with E-state index < -0.39 is 0 Å². The number of nitrogens with one attached hydrogen (secondary N) is 2. The number of aromatic nitrogens is 2. The molecule has 1 aliphatic heterocycles. The molecule has 1 aliphatic carbocycles. The molecular weight excluding hydrogens is 418 g/mol. The highest BCUT2D eigenvalue weighted by atomic mass is 16.7. The fraction of sp³-hybridized carbons (Fsp3) is 0.440. The van der Waals surface area contributed by atoms with Gasteiger partial charge in [0.05, 0.1) is 12.6 Å². The number of fused-ring (bicyclic) bond motifs is 2. The first kappa shape index (κ1) is 21.6. The molecule has 0 amide bonds. The summed E-state index contributed by atoms with van der Waals surface area (Å²) in [5, 5.41) is 8.35. The smallest absolute Gasteiger partial charge is 0.231 e. The summed E-state index contributed by atoms with van der Waals surface area (Å²) in [7, 11) is 5.69. The third kappa shape index (κ3) is 4.61. The molecule has 1 aromatic heterocycles. The van der Waals surface area contributed by atoms with Gasteiger partial charge in [0.25, 0.3) is 0 Å². The van der Waals surface area contributed by atoms with Gasteiger partial charge in [-0.1, -0.05) is 12.1 Å². The minimum absolute atomic E-state index is 0.247. The Kier molecular flexibility index (Phi) is 6.09. The first-order chi connectivity index (χ1) is 16.1. The van der Waals surface area contributed by atoms with Crippen LogP contribution >= 0.6 is 0 Å². The van der Waals surface area contributed by atoms with Crippen LogP contribution in [0.2, 0.25) is 0 Å². The molecule has 0 bridgehead atoms. The second-order valence-corrected chi connectivity index (χ2v) is 8.89. The van der Waals surface area contributed by atoms with Crippen LogP contribution in [0.1, 0.15) is 31.2 Å². The number of methoxy groups -OCH3 is 1. The second-order valence-electron chi connectivity index (χ2n) is 8.89. The Bertz CT molecular complexity index is 1130. The average molecular weight is 450 g/mol. The third-order valence-electron chi connectivity index (χ3n) is 6.38. The van der Waals surface area contributed by atoms with Gasteiger partial charge in [0, 0.05) is 38.1 Å². The molecular formula is C25H31N5O3. The van der Waals surface area contributed by atoms with Crippen LogP contribution in [0.4, 0.5) is 11.8 Å². The lowest BCUT2D eigenvalue weighted by Crippen LogP contribution is -2.37. The van der Waals surface area contributed by atoms with E-state index in [9.17, 15) is 0 Å². The predicted molar refractivity (Wildman–Crippen MR) is 129 cm³/mol. The van der Waals surface area contributed by atoms with Crippen molar-refractivity contribution in [2.75, 3.05) is 38.2 Å². The van der Waals surface area contributed by atoms with Crippen molar-refractivity contribution in [3.63, 3.8) is 0 Å². The normalized spacial score (nSPS) is 19.5. The Morgan fingerprint density at radius 2 is 1.82 bits per heavy atom. The molecule has 0 radical (unpaired) electrons. The van der Waals surface area contributed by atoms with Gasteiger partial charge in [-0.15, -0.1) is 0 Å². The molecule has 2 aromatic carbocycles. The van der Waals surface area contributed by atoms with E-state index in [0.717, 1.165) is 66.0 Å². The summed E-state index contributed by atoms with van der Waals surface area (Å²) in [6.45, 7) is 1.02. The summed E-state index contributed by atoms with van der Waals surface area (Å²) in [5.41, 5.74) is 2.10. The quantitative estimate of drug-likeness (QED) is 0.561. The zero-order valence-electron chi connectivity index (χ0n) is 19.4. The van der Waals surface area contributed by atoms with Crippen LogP contribution in [-0.4, -0.2) is 50.0 Å². The maximum Gasteiger partial charge on any atom is 0.231 e. The fourth-order valence-electron chi connectivity index (χ4n) is 4.64. The van der Waals surface area contributed by atoms with E-state index in [1.54, 1.807) is 7.11 Å². The van der Waals surface area contributed by atoms with E-state index in [4.69, 9.17) is 24.2 Å². The first-order valence-corrected chi connectivity index (χ1v) is 11.5. The molecule has 0 unspecified atom stereocenters. The monoisotopic (exact) mass is 449 g/mol. The van der Waals surface area contributed by atoms with Crippen LogP contribution in [0.15, 0.2) is 36.4 Å². The molecule has 33 heavy (non-hydrogen) atoms. The number of nitrogens with zero attached hydrogens (tertiary/aromatic N) is 3. The number of rotatable bonds is 7. The fourth-order valence-corrected chi connectivity index (χ4v) is 4.64. The highest BCUT2D eigenvalue weighted by molar-refractivity contribution is 5.90. The van der Waals surface area contributed by atoms with Crippen molar-refractivity contribution in [1.29, 1.82) is 0 Å². The van der Waals surface area contributed by atoms with E-state index in [2.05, 4.69) is 16.7 Å². The Morgan fingerprint density at radius 1 is 1.03 bits per heavy atom. The van der Waals surface area contributed by atoms with Crippen LogP contribution in [-0.2, 0) is 6.54 Å². The summed E-state index contributed by atoms with van der Waals surface area (Å²) >= 11 is 0. The van der Waals surface area contributed by atoms with Crippen molar-refractivity contribution in [1.82, 2.24) is 15.3 Å². The minimum Gasteiger partial charge on any atom is -0.493 e. The molecule has 3 aromatic rings. The largest absolute Gasteiger partial charge is 0.493 e. The summed E-state index contributed by atoms with van der Waals surface area (Å²) in [6, 6.07) is 13.1. The molecule has 2 N–H and O–H groups in total. The number of hydrogen-bond acceptors (Lipinski definition) is 8. The summed E-state index contributed by atoms with van der Waals surface area (Å²) in [5.74, 6) is 3.83. The van der Waals surface area contributed by atoms with Crippen molar-refractivity contribution >= 4 is 22.7 Å². The maximum absolute atomic E-state index is 5.54. The van der Waals surface area contributed by atoms with Crippen LogP contribution in [0.25, 0.3) is 10.9 Å². The molecule has 5 rings (SSSR count). The Hall–Kier alpha value is -3.26. The van der Waals surface area contributed by atoms with Crippen LogP contribution in [0.5, 0.6) is 17.2 Å². The lowest BCUT2D eigenvalue weighted by atomic mass is 9.91. The van der Waals surface area contributed by atoms with Crippen molar-refractivity contribution in [3.8, 4) is 17.2 Å². The minimum atomic E-state index is 0.247. The average Bonchev–Trinajstić information content (AvgIpc) is 3.31. The van der Waals surface area contributed by atoms with E-state index in [1.807, 2.05) is 49.3 Å². The molecule has 0 spiro atoms. The van der Waals surface area contributed by atoms with Crippen LogP contribution < -0.4 is 29.7 Å². The van der Waals surface area contributed by atoms with Crippen molar-refractivity contribution in [3.05, 3.63) is 42.0 Å². The predicted octanol–water partition coefficient (Wildman–Crippen LogP) is 3.95. The van der Waals surface area contributed by atoms with Crippen LogP contribution in [0, 0.1) is 0 Å². The summed E-state index contributed by atoms with van der Waals surface area (Å²) in [4.78, 5) is 11.6. The zero-order valence-corrected chi connectivity index (χ0v) is 19.4. The van der Waals surface area contributed by atoms with E-state index in [0.29, 0.717) is 23.8 Å². The number of benzene rings is 2. The SMILES string of the molecule is COc1cc(CNC2CCC(Nc3nc(N(C)C)c4ccccc4n3)CC2)cc2c1OCO2. The molecule has 8 nitrogen and oxygen atoms in total. The molecule has 174 valence electrons. The van der Waals surface area contributed by atoms with Crippen molar-refractivity contribution in [2.24, 2.45) is 0 Å². The van der Waals surface area contributed by atoms with E-state index in [-0.39, 0.29) is 6.79 Å². The molecule has 1 saturated carbocycles. The highest BCUT2D eigenvalue weighted by Gasteiger charge is 2.23. The highest BCUT2D eigenvalue weighted by Crippen LogP contribution is 2.41. The summed E-state index contributed by atoms with van der Waals surface area (Å²) in [6.07, 6.45) is 4.37. The Labute approximate surface area is 194 Å². The molecule has 1 fully saturated rings. The van der Waals surface area contributed by atoms with Gasteiger partial charge in [-0.3, -0.25) is 0 Å². The summed E-state index contributed by atoms with van der Waals surface area (Å²) < 4.78 is 16.5. The van der Waals surface area contributed by atoms with Crippen molar-refractivity contribution < 1.29 is 14.2 Å². The van der Waals surface area contributed by atoms with Crippen LogP contribution in [0.3, 0.4) is 0 Å². The maximum atomic E-state index is 5.54. The van der Waals surface area contributed by atoms with Gasteiger partial charge in [0.15, 0.2) is 11.5 Å². The van der Waals surface area contributed by atoms with Gasteiger partial charge in [-0.25, -0.2) is 4.98 Å². The topological polar surface area (TPSA) is 80.8 Å². The molecule has 8 heteroatoms. The number of hydrogen-bond donors (Lipinski definition) is 2. The standard InChI is InChI=1S/C25H31N5O3/c1-30(2)24-19-6-4-5-7-20(19)28-25(29-24)27-18-10-8-17(9-11-18)26-14-16-12-21(31-3)23-22(13-16)32-15-33-23/h4-7,12-13,17-18,26H,8-11,14-15H2,1-3H3,(H,27,28,29). The lowest BCUT2D eigenvalue weighted by molar-refractivity contribution is 0.171. The molecule has 0 saturated heterocycles. The van der Waals surface area contributed by atoms with Gasteiger partial charge >= 0.3 is 0 Å². The third-order valence-corrected chi connectivity index (χ3v) is 6.38. The first-order valence-electron chi connectivity index (χ1n) is 11.5. The van der Waals surface area contributed by atoms with Gasteiger partial charge in [-0.2, -0.15) is 4.98 Å². The van der Waals surface area contributed by atoms with Gasteiger partial charge < -0.3 is 29.7 Å². The van der Waals surface area contributed by atoms with E-state index in [1.165, 1.54) is 0 Å². The number of anilines is 2. The zero-order chi connectivity index (χ0) is 22.8. The molecule has 2 aliphatic rings. The van der Waals surface area contributed by atoms with Gasteiger partial charge in [-0.05, 0) is 55.5 Å². The second kappa shape index (κ2) is 9.31. The van der Waals surface area contributed by atoms with Crippen molar-refractivity contribution in [2.45, 2.75) is 44.3 Å². The number of para-hydroxylation sites is 1. The van der Waals surface area contributed by atoms with Gasteiger partial charge in [0.1, 0.15) is 5.82 Å². The molecule has 0 atom stereocenters. The van der Waals surface area contributed by atoms with Gasteiger partial charge in [0.2, 0.25) is 18.5 Å². The van der Waals surface area contributed by atoms with E-state index >= 15 is 0 Å². The molecule has 2 heterocycles. The number of ether oxygens (including phenoxy) is 3. The Balaban J connectivity index is 1.18. The lowest BCUT2D eigenvalue weighted by Gasteiger charge is -2.30. The Morgan fingerprint density at radius 3 is 2.61 bits per heavy atom.